The third-order valence-electron chi connectivity index (χ3n) is 3.36. The summed E-state index contributed by atoms with van der Waals surface area (Å²) in [4.78, 5) is 0. The third-order valence-corrected chi connectivity index (χ3v) is 3.36. The highest BCUT2D eigenvalue weighted by molar-refractivity contribution is 5.58. The molecule has 0 saturated carbocycles. The summed E-state index contributed by atoms with van der Waals surface area (Å²) in [5.74, 6) is 1.04. The predicted molar refractivity (Wildman–Crippen MR) is 74.3 cm³/mol. The normalized spacial score (nSPS) is 13.8. The van der Waals surface area contributed by atoms with E-state index >= 15 is 0 Å². The van der Waals surface area contributed by atoms with Gasteiger partial charge in [0.05, 0.1) is 6.61 Å². The number of nitrogens with one attached hydrogen (secondary N) is 1. The maximum Gasteiger partial charge on any atom is 0.124 e. The lowest BCUT2D eigenvalue weighted by molar-refractivity contribution is 0.273. The second-order valence-electron chi connectivity index (χ2n) is 4.80. The van der Waals surface area contributed by atoms with Crippen LogP contribution in [-0.2, 0) is 6.42 Å². The summed E-state index contributed by atoms with van der Waals surface area (Å²) in [7, 11) is 0. The van der Waals surface area contributed by atoms with Crippen LogP contribution in [0.5, 0.6) is 5.75 Å². The topological polar surface area (TPSA) is 41.5 Å². The second kappa shape index (κ2) is 7.27. The first-order chi connectivity index (χ1) is 8.92. The number of hydrogen-bond acceptors (Lipinski definition) is 3. The lowest BCUT2D eigenvalue weighted by Gasteiger charge is -2.20. The molecule has 1 heterocycles. The van der Waals surface area contributed by atoms with Gasteiger partial charge in [-0.25, -0.2) is 0 Å². The number of unbranched alkanes of at least 4 members (excludes halogenated alkanes) is 3. The summed E-state index contributed by atoms with van der Waals surface area (Å²) in [5.41, 5.74) is 2.57. The van der Waals surface area contributed by atoms with Crippen LogP contribution < -0.4 is 10.1 Å². The van der Waals surface area contributed by atoms with E-state index in [1.54, 1.807) is 0 Å². The van der Waals surface area contributed by atoms with Gasteiger partial charge in [0.1, 0.15) is 5.75 Å². The first-order valence-corrected chi connectivity index (χ1v) is 7.01. The van der Waals surface area contributed by atoms with Crippen molar-refractivity contribution in [3.8, 4) is 5.75 Å². The Kier molecular flexibility index (Phi) is 5.34. The summed E-state index contributed by atoms with van der Waals surface area (Å²) >= 11 is 0. The van der Waals surface area contributed by atoms with Crippen molar-refractivity contribution in [2.45, 2.75) is 38.5 Å². The van der Waals surface area contributed by atoms with E-state index in [-0.39, 0.29) is 0 Å². The molecule has 1 aliphatic heterocycles. The van der Waals surface area contributed by atoms with Crippen molar-refractivity contribution in [3.05, 3.63) is 23.8 Å². The summed E-state index contributed by atoms with van der Waals surface area (Å²) < 4.78 is 5.88. The van der Waals surface area contributed by atoms with E-state index in [0.717, 1.165) is 51.0 Å². The van der Waals surface area contributed by atoms with E-state index in [4.69, 9.17) is 9.84 Å². The fourth-order valence-corrected chi connectivity index (χ4v) is 2.36. The largest absolute Gasteiger partial charge is 0.493 e. The van der Waals surface area contributed by atoms with Gasteiger partial charge in [-0.3, -0.25) is 0 Å². The molecule has 0 radical (unpaired) electrons. The molecule has 1 aromatic carbocycles. The Morgan fingerprint density at radius 2 is 2.06 bits per heavy atom. The molecule has 0 unspecified atom stereocenters. The molecule has 18 heavy (non-hydrogen) atoms. The maximum atomic E-state index is 8.70. The average Bonchev–Trinajstić information content (AvgIpc) is 2.43. The minimum absolute atomic E-state index is 0.304. The van der Waals surface area contributed by atoms with Crippen LogP contribution in [0.4, 0.5) is 5.69 Å². The summed E-state index contributed by atoms with van der Waals surface area (Å²) in [6.07, 6.45) is 6.50. The van der Waals surface area contributed by atoms with E-state index in [1.807, 2.05) is 0 Å². The van der Waals surface area contributed by atoms with Gasteiger partial charge in [-0.15, -0.1) is 0 Å². The van der Waals surface area contributed by atoms with Crippen molar-refractivity contribution in [1.29, 1.82) is 0 Å². The van der Waals surface area contributed by atoms with Crippen LogP contribution in [0, 0.1) is 0 Å². The Morgan fingerprint density at radius 3 is 2.94 bits per heavy atom. The number of anilines is 1. The summed E-state index contributed by atoms with van der Waals surface area (Å²) in [5, 5.41) is 12.1. The van der Waals surface area contributed by atoms with Crippen LogP contribution in [0.25, 0.3) is 0 Å². The molecular weight excluding hydrogens is 226 g/mol. The maximum absolute atomic E-state index is 8.70. The van der Waals surface area contributed by atoms with Crippen LogP contribution in [0.2, 0.25) is 0 Å². The van der Waals surface area contributed by atoms with E-state index in [1.165, 1.54) is 17.7 Å². The van der Waals surface area contributed by atoms with Crippen molar-refractivity contribution in [2.75, 3.05) is 25.1 Å². The lowest BCUT2D eigenvalue weighted by atomic mass is 10.0. The summed E-state index contributed by atoms with van der Waals surface area (Å²) in [6.45, 7) is 2.15. The first-order valence-electron chi connectivity index (χ1n) is 7.01. The minimum atomic E-state index is 0.304. The molecule has 0 fully saturated rings. The Morgan fingerprint density at radius 1 is 1.17 bits per heavy atom. The van der Waals surface area contributed by atoms with Gasteiger partial charge < -0.3 is 15.2 Å². The van der Waals surface area contributed by atoms with Crippen molar-refractivity contribution in [1.82, 2.24) is 0 Å². The zero-order chi connectivity index (χ0) is 12.6. The molecule has 0 spiro atoms. The number of benzene rings is 1. The number of fused-ring (bicyclic) bond motifs is 1. The molecule has 3 heteroatoms. The van der Waals surface area contributed by atoms with Crippen molar-refractivity contribution in [3.63, 3.8) is 0 Å². The van der Waals surface area contributed by atoms with Crippen LogP contribution in [0.15, 0.2) is 18.2 Å². The number of hydrogen-bond donors (Lipinski definition) is 2. The minimum Gasteiger partial charge on any atom is -0.493 e. The molecule has 3 nitrogen and oxygen atoms in total. The van der Waals surface area contributed by atoms with Crippen LogP contribution in [-0.4, -0.2) is 24.9 Å². The van der Waals surface area contributed by atoms with Crippen molar-refractivity contribution >= 4 is 5.69 Å². The SMILES string of the molecule is OCCCCCCOc1cccc2c1CCCN2. The first kappa shape index (κ1) is 13.2. The van der Waals surface area contributed by atoms with Gasteiger partial charge in [-0.05, 0) is 44.2 Å². The second-order valence-corrected chi connectivity index (χ2v) is 4.80. The van der Waals surface area contributed by atoms with E-state index in [9.17, 15) is 0 Å². The van der Waals surface area contributed by atoms with Gasteiger partial charge in [0.25, 0.3) is 0 Å². The van der Waals surface area contributed by atoms with Gasteiger partial charge in [0.2, 0.25) is 0 Å². The van der Waals surface area contributed by atoms with Gasteiger partial charge in [-0.1, -0.05) is 12.5 Å². The molecule has 0 saturated heterocycles. The highest BCUT2D eigenvalue weighted by Crippen LogP contribution is 2.30. The van der Waals surface area contributed by atoms with E-state index in [0.29, 0.717) is 6.61 Å². The molecule has 1 aliphatic rings. The van der Waals surface area contributed by atoms with Gasteiger partial charge in [-0.2, -0.15) is 0 Å². The Balaban J connectivity index is 1.79. The number of ether oxygens (including phenoxy) is 1. The smallest absolute Gasteiger partial charge is 0.124 e. The molecule has 1 aromatic rings. The molecule has 100 valence electrons. The van der Waals surface area contributed by atoms with Crippen molar-refractivity contribution in [2.24, 2.45) is 0 Å². The zero-order valence-corrected chi connectivity index (χ0v) is 11.0. The predicted octanol–water partition coefficient (Wildman–Crippen LogP) is 2.98. The number of aliphatic hydroxyl groups is 1. The fourth-order valence-electron chi connectivity index (χ4n) is 2.36. The standard InChI is InChI=1S/C15H23NO2/c17-11-3-1-2-4-12-18-15-9-5-8-14-13(15)7-6-10-16-14/h5,8-9,16-17H,1-4,6-7,10-12H2. The molecule has 0 amide bonds. The summed E-state index contributed by atoms with van der Waals surface area (Å²) in [6, 6.07) is 6.25. The van der Waals surface area contributed by atoms with E-state index in [2.05, 4.69) is 23.5 Å². The molecule has 0 bridgehead atoms. The van der Waals surface area contributed by atoms with Gasteiger partial charge in [0, 0.05) is 24.4 Å². The Hall–Kier alpha value is -1.22. The molecular formula is C15H23NO2. The number of aliphatic hydroxyl groups excluding tert-OH is 1. The quantitative estimate of drug-likeness (QED) is 0.730. The fraction of sp³-hybridized carbons (Fsp3) is 0.600. The van der Waals surface area contributed by atoms with Crippen LogP contribution >= 0.6 is 0 Å². The average molecular weight is 249 g/mol. The Labute approximate surface area is 109 Å². The van der Waals surface area contributed by atoms with Gasteiger partial charge in [0.15, 0.2) is 0 Å². The molecule has 0 aliphatic carbocycles. The van der Waals surface area contributed by atoms with Crippen LogP contribution in [0.3, 0.4) is 0 Å². The zero-order valence-electron chi connectivity index (χ0n) is 11.0. The molecule has 2 rings (SSSR count). The molecule has 2 N–H and O–H groups in total. The lowest BCUT2D eigenvalue weighted by Crippen LogP contribution is -2.13. The third kappa shape index (κ3) is 3.64. The van der Waals surface area contributed by atoms with Crippen molar-refractivity contribution < 1.29 is 9.84 Å². The molecule has 0 aromatic heterocycles. The van der Waals surface area contributed by atoms with Crippen LogP contribution in [0.1, 0.15) is 37.7 Å². The number of rotatable bonds is 7. The molecule has 0 atom stereocenters. The van der Waals surface area contributed by atoms with Gasteiger partial charge >= 0.3 is 0 Å². The van der Waals surface area contributed by atoms with E-state index < -0.39 is 0 Å². The Bertz CT molecular complexity index is 366. The highest BCUT2D eigenvalue weighted by Gasteiger charge is 2.12. The highest BCUT2D eigenvalue weighted by atomic mass is 16.5. The monoisotopic (exact) mass is 249 g/mol.